The monoisotopic (exact) mass is 265 g/mol. The molecule has 0 saturated carbocycles. The SMILES string of the molecule is COc1cccc(C(=O)N2CCO[C@@H](C(=O)O)C2)c1. The normalized spacial score (nSPS) is 19.0. The second-order valence-corrected chi connectivity index (χ2v) is 4.18. The average Bonchev–Trinajstić information content (AvgIpc) is 2.46. The van der Waals surface area contributed by atoms with Crippen LogP contribution in [0.4, 0.5) is 0 Å². The summed E-state index contributed by atoms with van der Waals surface area (Å²) in [7, 11) is 1.53. The van der Waals surface area contributed by atoms with Crippen molar-refractivity contribution in [1.82, 2.24) is 4.90 Å². The number of rotatable bonds is 3. The number of ether oxygens (including phenoxy) is 2. The maximum absolute atomic E-state index is 12.3. The van der Waals surface area contributed by atoms with Crippen molar-refractivity contribution < 1.29 is 24.2 Å². The minimum Gasteiger partial charge on any atom is -0.497 e. The molecule has 1 heterocycles. The van der Waals surface area contributed by atoms with Gasteiger partial charge in [0.05, 0.1) is 20.3 Å². The van der Waals surface area contributed by atoms with Crippen LogP contribution in [0.15, 0.2) is 24.3 Å². The van der Waals surface area contributed by atoms with E-state index in [2.05, 4.69) is 0 Å². The Balaban J connectivity index is 2.12. The zero-order chi connectivity index (χ0) is 13.8. The van der Waals surface area contributed by atoms with Crippen LogP contribution in [0.3, 0.4) is 0 Å². The van der Waals surface area contributed by atoms with Gasteiger partial charge in [-0.2, -0.15) is 0 Å². The minimum absolute atomic E-state index is 0.0609. The predicted octanol–water partition coefficient (Wildman–Crippen LogP) is 0.621. The molecule has 19 heavy (non-hydrogen) atoms. The highest BCUT2D eigenvalue weighted by atomic mass is 16.5. The fourth-order valence-corrected chi connectivity index (χ4v) is 1.92. The Hall–Kier alpha value is -2.08. The summed E-state index contributed by atoms with van der Waals surface area (Å²) in [6, 6.07) is 6.78. The Morgan fingerprint density at radius 2 is 2.26 bits per heavy atom. The third kappa shape index (κ3) is 3.03. The lowest BCUT2D eigenvalue weighted by molar-refractivity contribution is -0.154. The number of aliphatic carboxylic acids is 1. The molecule has 0 spiro atoms. The van der Waals surface area contributed by atoms with Crippen LogP contribution in [-0.2, 0) is 9.53 Å². The van der Waals surface area contributed by atoms with Crippen molar-refractivity contribution in [3.63, 3.8) is 0 Å². The molecule has 6 nitrogen and oxygen atoms in total. The van der Waals surface area contributed by atoms with Gasteiger partial charge in [-0.1, -0.05) is 6.07 Å². The van der Waals surface area contributed by atoms with E-state index in [1.165, 1.54) is 12.0 Å². The zero-order valence-corrected chi connectivity index (χ0v) is 10.5. The number of methoxy groups -OCH3 is 1. The number of hydrogen-bond acceptors (Lipinski definition) is 4. The van der Waals surface area contributed by atoms with Crippen LogP contribution >= 0.6 is 0 Å². The Morgan fingerprint density at radius 3 is 2.95 bits per heavy atom. The number of hydrogen-bond donors (Lipinski definition) is 1. The third-order valence-electron chi connectivity index (χ3n) is 2.95. The summed E-state index contributed by atoms with van der Waals surface area (Å²) in [5.74, 6) is -0.675. The first-order valence-electron chi connectivity index (χ1n) is 5.89. The van der Waals surface area contributed by atoms with Crippen molar-refractivity contribution in [2.24, 2.45) is 0 Å². The lowest BCUT2D eigenvalue weighted by Gasteiger charge is -2.30. The van der Waals surface area contributed by atoms with Gasteiger partial charge in [-0.3, -0.25) is 4.79 Å². The number of morpholine rings is 1. The lowest BCUT2D eigenvalue weighted by atomic mass is 10.1. The average molecular weight is 265 g/mol. The number of nitrogens with zero attached hydrogens (tertiary/aromatic N) is 1. The molecule has 1 fully saturated rings. The first-order valence-corrected chi connectivity index (χ1v) is 5.89. The highest BCUT2D eigenvalue weighted by Gasteiger charge is 2.29. The van der Waals surface area contributed by atoms with Crippen LogP contribution in [0, 0.1) is 0 Å². The van der Waals surface area contributed by atoms with Gasteiger partial charge < -0.3 is 19.5 Å². The van der Waals surface area contributed by atoms with E-state index in [0.29, 0.717) is 17.9 Å². The zero-order valence-electron chi connectivity index (χ0n) is 10.5. The molecule has 1 aliphatic heterocycles. The van der Waals surface area contributed by atoms with E-state index >= 15 is 0 Å². The molecule has 0 aromatic heterocycles. The summed E-state index contributed by atoms with van der Waals surface area (Å²) in [5, 5.41) is 8.91. The number of carboxylic acid groups (broad SMARTS) is 1. The molecule has 1 N–H and O–H groups in total. The number of carboxylic acids is 1. The van der Waals surface area contributed by atoms with Crippen LogP contribution in [0.2, 0.25) is 0 Å². The molecular formula is C13H15NO5. The molecule has 1 aromatic carbocycles. The Morgan fingerprint density at radius 1 is 1.47 bits per heavy atom. The van der Waals surface area contributed by atoms with Crippen LogP contribution in [0.5, 0.6) is 5.75 Å². The van der Waals surface area contributed by atoms with Crippen LogP contribution in [0.1, 0.15) is 10.4 Å². The van der Waals surface area contributed by atoms with E-state index in [-0.39, 0.29) is 19.1 Å². The third-order valence-corrected chi connectivity index (χ3v) is 2.95. The Labute approximate surface area is 110 Å². The number of carbonyl (C=O) groups excluding carboxylic acids is 1. The molecule has 1 amide bonds. The first kappa shape index (κ1) is 13.4. The van der Waals surface area contributed by atoms with Crippen molar-refractivity contribution in [3.8, 4) is 5.75 Å². The van der Waals surface area contributed by atoms with Gasteiger partial charge in [-0.25, -0.2) is 4.79 Å². The summed E-state index contributed by atoms with van der Waals surface area (Å²) >= 11 is 0. The molecule has 1 aliphatic rings. The Kier molecular flexibility index (Phi) is 4.01. The molecule has 0 bridgehead atoms. The fraction of sp³-hybridized carbons (Fsp3) is 0.385. The second-order valence-electron chi connectivity index (χ2n) is 4.18. The van der Waals surface area contributed by atoms with Crippen molar-refractivity contribution >= 4 is 11.9 Å². The van der Waals surface area contributed by atoms with E-state index in [0.717, 1.165) is 0 Å². The smallest absolute Gasteiger partial charge is 0.334 e. The molecule has 1 atom stereocenters. The van der Waals surface area contributed by atoms with Crippen LogP contribution in [-0.4, -0.2) is 54.8 Å². The van der Waals surface area contributed by atoms with Gasteiger partial charge in [0.2, 0.25) is 0 Å². The fourth-order valence-electron chi connectivity index (χ4n) is 1.92. The van der Waals surface area contributed by atoms with E-state index in [1.54, 1.807) is 24.3 Å². The van der Waals surface area contributed by atoms with E-state index < -0.39 is 12.1 Å². The molecular weight excluding hydrogens is 250 g/mol. The molecule has 1 aromatic rings. The first-order chi connectivity index (χ1) is 9.11. The van der Waals surface area contributed by atoms with Crippen LogP contribution < -0.4 is 4.74 Å². The molecule has 1 saturated heterocycles. The maximum Gasteiger partial charge on any atom is 0.334 e. The molecule has 6 heteroatoms. The summed E-state index contributed by atoms with van der Waals surface area (Å²) < 4.78 is 10.1. The van der Waals surface area contributed by atoms with Crippen molar-refractivity contribution in [2.75, 3.05) is 26.8 Å². The number of carbonyl (C=O) groups is 2. The van der Waals surface area contributed by atoms with Gasteiger partial charge >= 0.3 is 5.97 Å². The quantitative estimate of drug-likeness (QED) is 0.867. The van der Waals surface area contributed by atoms with E-state index in [1.807, 2.05) is 0 Å². The van der Waals surface area contributed by atoms with Gasteiger partial charge in [0.25, 0.3) is 5.91 Å². The number of benzene rings is 1. The molecule has 102 valence electrons. The maximum atomic E-state index is 12.3. The summed E-state index contributed by atoms with van der Waals surface area (Å²) in [6.07, 6.45) is -0.955. The van der Waals surface area contributed by atoms with E-state index in [4.69, 9.17) is 14.6 Å². The van der Waals surface area contributed by atoms with Gasteiger partial charge in [-0.05, 0) is 18.2 Å². The molecule has 2 rings (SSSR count). The number of amides is 1. The van der Waals surface area contributed by atoms with Gasteiger partial charge in [0.1, 0.15) is 5.75 Å². The highest BCUT2D eigenvalue weighted by molar-refractivity contribution is 5.95. The second kappa shape index (κ2) is 5.71. The molecule has 0 unspecified atom stereocenters. The van der Waals surface area contributed by atoms with Crippen molar-refractivity contribution in [1.29, 1.82) is 0 Å². The molecule has 0 radical (unpaired) electrons. The van der Waals surface area contributed by atoms with Gasteiger partial charge in [0.15, 0.2) is 6.10 Å². The molecule has 0 aliphatic carbocycles. The van der Waals surface area contributed by atoms with Crippen LogP contribution in [0.25, 0.3) is 0 Å². The van der Waals surface area contributed by atoms with Crippen molar-refractivity contribution in [3.05, 3.63) is 29.8 Å². The summed E-state index contributed by atoms with van der Waals surface area (Å²) in [6.45, 7) is 0.678. The predicted molar refractivity (Wildman–Crippen MR) is 66.3 cm³/mol. The van der Waals surface area contributed by atoms with Gasteiger partial charge in [-0.15, -0.1) is 0 Å². The topological polar surface area (TPSA) is 76.1 Å². The highest BCUT2D eigenvalue weighted by Crippen LogP contribution is 2.16. The van der Waals surface area contributed by atoms with Gasteiger partial charge in [0, 0.05) is 12.1 Å². The summed E-state index contributed by atoms with van der Waals surface area (Å²) in [5.41, 5.74) is 0.477. The Bertz CT molecular complexity index is 488. The minimum atomic E-state index is -1.05. The standard InChI is InChI=1S/C13H15NO5/c1-18-10-4-2-3-9(7-10)12(15)14-5-6-19-11(8-14)13(16)17/h2-4,7,11H,5-6,8H2,1H3,(H,16,17)/t11-/m1/s1. The summed E-state index contributed by atoms with van der Waals surface area (Å²) in [4.78, 5) is 24.6. The largest absolute Gasteiger partial charge is 0.497 e. The van der Waals surface area contributed by atoms with E-state index in [9.17, 15) is 9.59 Å². The van der Waals surface area contributed by atoms with Crippen molar-refractivity contribution in [2.45, 2.75) is 6.10 Å². The lowest BCUT2D eigenvalue weighted by Crippen LogP contribution is -2.48.